The number of halogens is 3. The van der Waals surface area contributed by atoms with Gasteiger partial charge in [-0.1, -0.05) is 57.3 Å². The molecule has 0 radical (unpaired) electrons. The molecular formula is C19H18BrCl2NO2. The fourth-order valence-corrected chi connectivity index (χ4v) is 3.95. The minimum atomic E-state index is -0.728. The Bertz CT molecular complexity index is 767. The molecule has 0 saturated carbocycles. The minimum Gasteiger partial charge on any atom is -0.481 e. The number of carboxylic acid groups (broad SMARTS) is 1. The molecule has 1 aliphatic heterocycles. The van der Waals surface area contributed by atoms with Crippen molar-refractivity contribution in [3.63, 3.8) is 0 Å². The van der Waals surface area contributed by atoms with Crippen molar-refractivity contribution in [2.45, 2.75) is 18.9 Å². The predicted molar refractivity (Wildman–Crippen MR) is 104 cm³/mol. The van der Waals surface area contributed by atoms with Crippen molar-refractivity contribution in [1.82, 2.24) is 4.90 Å². The predicted octanol–water partition coefficient (Wildman–Crippen LogP) is 5.64. The van der Waals surface area contributed by atoms with Crippen molar-refractivity contribution in [2.24, 2.45) is 5.92 Å². The monoisotopic (exact) mass is 441 g/mol. The standard InChI is InChI=1S/C19H18BrCl2NO2/c20-15-6-3-12(4-7-15)18(13-5-8-16(21)17(22)10-13)23-9-1-2-14(11-23)19(24)25/h3-8,10,14,18H,1-2,9,11H2,(H,24,25). The van der Waals surface area contributed by atoms with Crippen LogP contribution in [-0.4, -0.2) is 29.1 Å². The summed E-state index contributed by atoms with van der Waals surface area (Å²) in [6.45, 7) is 1.38. The molecule has 2 unspecified atom stereocenters. The zero-order valence-corrected chi connectivity index (χ0v) is 16.6. The molecule has 1 heterocycles. The zero-order chi connectivity index (χ0) is 18.0. The lowest BCUT2D eigenvalue weighted by molar-refractivity contribution is -0.143. The minimum absolute atomic E-state index is 0.0509. The van der Waals surface area contributed by atoms with E-state index < -0.39 is 5.97 Å². The van der Waals surface area contributed by atoms with Crippen molar-refractivity contribution in [3.05, 3.63) is 68.1 Å². The molecule has 0 bridgehead atoms. The smallest absolute Gasteiger partial charge is 0.307 e. The van der Waals surface area contributed by atoms with E-state index in [0.29, 0.717) is 16.6 Å². The summed E-state index contributed by atoms with van der Waals surface area (Å²) in [5, 5.41) is 10.4. The first-order chi connectivity index (χ1) is 12.0. The highest BCUT2D eigenvalue weighted by molar-refractivity contribution is 9.10. The number of carbonyl (C=O) groups is 1. The molecule has 0 amide bonds. The van der Waals surface area contributed by atoms with Crippen LogP contribution in [0.1, 0.15) is 30.0 Å². The molecule has 25 heavy (non-hydrogen) atoms. The Balaban J connectivity index is 2.00. The first kappa shape index (κ1) is 18.7. The highest BCUT2D eigenvalue weighted by Crippen LogP contribution is 2.35. The Kier molecular flexibility index (Phi) is 6.05. The number of piperidine rings is 1. The molecule has 1 N–H and O–H groups in total. The van der Waals surface area contributed by atoms with E-state index >= 15 is 0 Å². The van der Waals surface area contributed by atoms with E-state index in [1.54, 1.807) is 6.07 Å². The summed E-state index contributed by atoms with van der Waals surface area (Å²) in [6, 6.07) is 13.7. The van der Waals surface area contributed by atoms with Crippen LogP contribution in [0.2, 0.25) is 10.0 Å². The molecule has 2 aromatic carbocycles. The van der Waals surface area contributed by atoms with Gasteiger partial charge >= 0.3 is 5.97 Å². The topological polar surface area (TPSA) is 40.5 Å². The number of aliphatic carboxylic acids is 1. The van der Waals surface area contributed by atoms with Gasteiger partial charge < -0.3 is 5.11 Å². The molecule has 3 rings (SSSR count). The Morgan fingerprint density at radius 3 is 2.44 bits per heavy atom. The maximum atomic E-state index is 11.5. The molecule has 1 saturated heterocycles. The molecule has 2 atom stereocenters. The van der Waals surface area contributed by atoms with E-state index in [4.69, 9.17) is 23.2 Å². The molecular weight excluding hydrogens is 425 g/mol. The van der Waals surface area contributed by atoms with Crippen LogP contribution in [0.15, 0.2) is 46.9 Å². The van der Waals surface area contributed by atoms with Crippen molar-refractivity contribution >= 4 is 45.1 Å². The average Bonchev–Trinajstić information content (AvgIpc) is 2.60. The van der Waals surface area contributed by atoms with E-state index in [1.807, 2.05) is 24.3 Å². The number of rotatable bonds is 4. The molecule has 0 aliphatic carbocycles. The SMILES string of the molecule is O=C(O)C1CCCN(C(c2ccc(Br)cc2)c2ccc(Cl)c(Cl)c2)C1. The van der Waals surface area contributed by atoms with Gasteiger partial charge in [0.2, 0.25) is 0 Å². The normalized spacial score (nSPS) is 19.6. The van der Waals surface area contributed by atoms with Gasteiger partial charge in [0.15, 0.2) is 0 Å². The number of carboxylic acids is 1. The summed E-state index contributed by atoms with van der Waals surface area (Å²) < 4.78 is 1.01. The summed E-state index contributed by atoms with van der Waals surface area (Å²) >= 11 is 15.8. The van der Waals surface area contributed by atoms with Crippen LogP contribution >= 0.6 is 39.1 Å². The van der Waals surface area contributed by atoms with E-state index in [0.717, 1.165) is 35.0 Å². The number of hydrogen-bond acceptors (Lipinski definition) is 2. The second-order valence-corrected chi connectivity index (χ2v) is 8.03. The van der Waals surface area contributed by atoms with Gasteiger partial charge in [0.25, 0.3) is 0 Å². The third-order valence-corrected chi connectivity index (χ3v) is 5.88. The van der Waals surface area contributed by atoms with Crippen LogP contribution in [0.5, 0.6) is 0 Å². The third-order valence-electron chi connectivity index (χ3n) is 4.61. The van der Waals surface area contributed by atoms with Gasteiger partial charge in [0.1, 0.15) is 0 Å². The molecule has 6 heteroatoms. The van der Waals surface area contributed by atoms with Gasteiger partial charge in [-0.15, -0.1) is 0 Å². The summed E-state index contributed by atoms with van der Waals surface area (Å²) in [4.78, 5) is 13.7. The third kappa shape index (κ3) is 4.37. The van der Waals surface area contributed by atoms with E-state index in [-0.39, 0.29) is 12.0 Å². The molecule has 132 valence electrons. The molecule has 1 aliphatic rings. The fourth-order valence-electron chi connectivity index (χ4n) is 3.38. The molecule has 1 fully saturated rings. The molecule has 0 aromatic heterocycles. The Labute approximate surface area is 165 Å². The van der Waals surface area contributed by atoms with Crippen molar-refractivity contribution in [2.75, 3.05) is 13.1 Å². The molecule has 0 spiro atoms. The van der Waals surface area contributed by atoms with Crippen LogP contribution in [0.3, 0.4) is 0 Å². The first-order valence-electron chi connectivity index (χ1n) is 8.13. The lowest BCUT2D eigenvalue weighted by Crippen LogP contribution is -2.41. The van der Waals surface area contributed by atoms with Crippen LogP contribution in [-0.2, 0) is 4.79 Å². The summed E-state index contributed by atoms with van der Waals surface area (Å²) in [7, 11) is 0. The number of nitrogens with zero attached hydrogens (tertiary/aromatic N) is 1. The Morgan fingerprint density at radius 2 is 1.80 bits per heavy atom. The van der Waals surface area contributed by atoms with Gasteiger partial charge in [0, 0.05) is 11.0 Å². The van der Waals surface area contributed by atoms with Crippen molar-refractivity contribution in [1.29, 1.82) is 0 Å². The second kappa shape index (κ2) is 8.09. The van der Waals surface area contributed by atoms with E-state index in [1.165, 1.54) is 0 Å². The van der Waals surface area contributed by atoms with E-state index in [2.05, 4.69) is 33.0 Å². The van der Waals surface area contributed by atoms with Gasteiger partial charge in [-0.05, 0) is 54.8 Å². The van der Waals surface area contributed by atoms with Crippen LogP contribution in [0.25, 0.3) is 0 Å². The summed E-state index contributed by atoms with van der Waals surface area (Å²) in [5.74, 6) is -1.07. The lowest BCUT2D eigenvalue weighted by Gasteiger charge is -2.37. The summed E-state index contributed by atoms with van der Waals surface area (Å²) in [6.07, 6.45) is 1.59. The molecule has 2 aromatic rings. The fraction of sp³-hybridized carbons (Fsp3) is 0.316. The highest BCUT2D eigenvalue weighted by Gasteiger charge is 2.31. The van der Waals surface area contributed by atoms with Crippen molar-refractivity contribution in [3.8, 4) is 0 Å². The Morgan fingerprint density at radius 1 is 1.12 bits per heavy atom. The Hall–Kier alpha value is -1.07. The van der Waals surface area contributed by atoms with E-state index in [9.17, 15) is 9.90 Å². The first-order valence-corrected chi connectivity index (χ1v) is 9.68. The van der Waals surface area contributed by atoms with Crippen LogP contribution in [0.4, 0.5) is 0 Å². The average molecular weight is 443 g/mol. The molecule has 3 nitrogen and oxygen atoms in total. The van der Waals surface area contributed by atoms with Crippen molar-refractivity contribution < 1.29 is 9.90 Å². The highest BCUT2D eigenvalue weighted by atomic mass is 79.9. The number of hydrogen-bond donors (Lipinski definition) is 1. The largest absolute Gasteiger partial charge is 0.481 e. The van der Waals surface area contributed by atoms with Gasteiger partial charge in [-0.2, -0.15) is 0 Å². The van der Waals surface area contributed by atoms with Crippen LogP contribution in [0, 0.1) is 5.92 Å². The van der Waals surface area contributed by atoms with Gasteiger partial charge in [0.05, 0.1) is 22.0 Å². The number of benzene rings is 2. The maximum absolute atomic E-state index is 11.5. The zero-order valence-electron chi connectivity index (χ0n) is 13.5. The van der Waals surface area contributed by atoms with Gasteiger partial charge in [-0.3, -0.25) is 9.69 Å². The summed E-state index contributed by atoms with van der Waals surface area (Å²) in [5.41, 5.74) is 2.12. The second-order valence-electron chi connectivity index (χ2n) is 6.30. The number of likely N-dealkylation sites (tertiary alicyclic amines) is 1. The van der Waals surface area contributed by atoms with Crippen LogP contribution < -0.4 is 0 Å². The maximum Gasteiger partial charge on any atom is 0.307 e. The quantitative estimate of drug-likeness (QED) is 0.665. The van der Waals surface area contributed by atoms with Gasteiger partial charge in [-0.25, -0.2) is 0 Å². The lowest BCUT2D eigenvalue weighted by atomic mass is 9.91.